The van der Waals surface area contributed by atoms with E-state index < -0.39 is 5.97 Å². The Kier molecular flexibility index (Phi) is 6.51. The molecule has 0 atom stereocenters. The summed E-state index contributed by atoms with van der Waals surface area (Å²) in [6.45, 7) is 0.719. The largest absolute Gasteiger partial charge is 0.452 e. The van der Waals surface area contributed by atoms with Crippen LogP contribution in [0.5, 0.6) is 0 Å². The summed E-state index contributed by atoms with van der Waals surface area (Å²) in [5.41, 5.74) is 1.82. The van der Waals surface area contributed by atoms with Gasteiger partial charge >= 0.3 is 5.97 Å². The third-order valence-corrected chi connectivity index (χ3v) is 4.78. The Labute approximate surface area is 161 Å². The molecular weight excluding hydrogens is 364 g/mol. The molecule has 0 radical (unpaired) electrons. The number of para-hydroxylation sites is 1. The van der Waals surface area contributed by atoms with Gasteiger partial charge in [-0.2, -0.15) is 0 Å². The molecular formula is C20H20N2O4S. The van der Waals surface area contributed by atoms with Crippen LogP contribution < -0.4 is 5.32 Å². The number of rotatable bonds is 8. The van der Waals surface area contributed by atoms with Crippen LogP contribution in [0.2, 0.25) is 0 Å². The molecule has 0 aliphatic rings. The van der Waals surface area contributed by atoms with E-state index in [1.54, 1.807) is 24.5 Å². The van der Waals surface area contributed by atoms with Crippen molar-refractivity contribution in [2.75, 3.05) is 26.9 Å². The smallest absolute Gasteiger partial charge is 0.339 e. The van der Waals surface area contributed by atoms with E-state index in [9.17, 15) is 9.59 Å². The van der Waals surface area contributed by atoms with Crippen molar-refractivity contribution in [1.82, 2.24) is 10.3 Å². The third kappa shape index (κ3) is 4.90. The monoisotopic (exact) mass is 384 g/mol. The quantitative estimate of drug-likeness (QED) is 0.476. The summed E-state index contributed by atoms with van der Waals surface area (Å²) in [6.07, 6.45) is 0.704. The molecule has 7 heteroatoms. The molecule has 2 aromatic heterocycles. The van der Waals surface area contributed by atoms with Gasteiger partial charge in [0.15, 0.2) is 6.61 Å². The average Bonchev–Trinajstić information content (AvgIpc) is 3.23. The number of hydrogen-bond donors (Lipinski definition) is 1. The zero-order chi connectivity index (χ0) is 19.1. The highest BCUT2D eigenvalue weighted by Gasteiger charge is 2.16. The number of nitrogens with one attached hydrogen (secondary N) is 1. The van der Waals surface area contributed by atoms with Gasteiger partial charge in [-0.25, -0.2) is 9.78 Å². The zero-order valence-corrected chi connectivity index (χ0v) is 15.8. The Morgan fingerprint density at radius 3 is 2.81 bits per heavy atom. The average molecular weight is 384 g/mol. The molecule has 1 N–H and O–H groups in total. The summed E-state index contributed by atoms with van der Waals surface area (Å²) in [5.74, 6) is -0.880. The summed E-state index contributed by atoms with van der Waals surface area (Å²) in [5, 5.41) is 5.34. The fourth-order valence-electron chi connectivity index (χ4n) is 2.60. The van der Waals surface area contributed by atoms with Crippen LogP contribution in [0.4, 0.5) is 0 Å². The van der Waals surface area contributed by atoms with Gasteiger partial charge in [0.1, 0.15) is 0 Å². The highest BCUT2D eigenvalue weighted by Crippen LogP contribution is 2.28. The van der Waals surface area contributed by atoms with E-state index in [0.717, 1.165) is 4.88 Å². The van der Waals surface area contributed by atoms with Crippen molar-refractivity contribution in [1.29, 1.82) is 0 Å². The minimum atomic E-state index is -0.543. The van der Waals surface area contributed by atoms with Crippen molar-refractivity contribution >= 4 is 34.1 Å². The molecule has 1 amide bonds. The second-order valence-corrected chi connectivity index (χ2v) is 6.77. The maximum Gasteiger partial charge on any atom is 0.339 e. The number of nitrogens with zero attached hydrogens (tertiary/aromatic N) is 1. The van der Waals surface area contributed by atoms with E-state index in [0.29, 0.717) is 41.7 Å². The lowest BCUT2D eigenvalue weighted by molar-refractivity contribution is -0.124. The highest BCUT2D eigenvalue weighted by atomic mass is 32.1. The van der Waals surface area contributed by atoms with Gasteiger partial charge in [-0.1, -0.05) is 24.3 Å². The lowest BCUT2D eigenvalue weighted by Gasteiger charge is -2.10. The van der Waals surface area contributed by atoms with Gasteiger partial charge in [0.05, 0.1) is 21.7 Å². The van der Waals surface area contributed by atoms with Gasteiger partial charge in [-0.15, -0.1) is 11.3 Å². The second-order valence-electron chi connectivity index (χ2n) is 5.82. The van der Waals surface area contributed by atoms with E-state index in [4.69, 9.17) is 9.47 Å². The van der Waals surface area contributed by atoms with Gasteiger partial charge in [-0.3, -0.25) is 4.79 Å². The first-order chi connectivity index (χ1) is 13.2. The number of thiophene rings is 1. The Hall–Kier alpha value is -2.77. The predicted molar refractivity (Wildman–Crippen MR) is 105 cm³/mol. The Morgan fingerprint density at radius 1 is 1.19 bits per heavy atom. The fraction of sp³-hybridized carbons (Fsp3) is 0.250. The highest BCUT2D eigenvalue weighted by molar-refractivity contribution is 7.13. The molecule has 0 saturated heterocycles. The number of aromatic nitrogens is 1. The molecule has 0 aliphatic carbocycles. The molecule has 6 nitrogen and oxygen atoms in total. The molecule has 2 heterocycles. The van der Waals surface area contributed by atoms with Crippen LogP contribution in [0.25, 0.3) is 21.5 Å². The molecule has 27 heavy (non-hydrogen) atoms. The van der Waals surface area contributed by atoms with E-state index in [1.165, 1.54) is 0 Å². The molecule has 0 saturated carbocycles. The van der Waals surface area contributed by atoms with Crippen molar-refractivity contribution in [2.45, 2.75) is 6.42 Å². The van der Waals surface area contributed by atoms with Crippen molar-refractivity contribution < 1.29 is 19.1 Å². The topological polar surface area (TPSA) is 77.5 Å². The molecule has 140 valence electrons. The molecule has 0 fully saturated rings. The number of amides is 1. The van der Waals surface area contributed by atoms with Crippen molar-refractivity contribution in [3.05, 3.63) is 53.4 Å². The molecule has 1 aromatic carbocycles. The number of pyridine rings is 1. The van der Waals surface area contributed by atoms with Crippen molar-refractivity contribution in [3.63, 3.8) is 0 Å². The van der Waals surface area contributed by atoms with Crippen LogP contribution in [0.3, 0.4) is 0 Å². The number of methoxy groups -OCH3 is 1. The van der Waals surface area contributed by atoms with Gasteiger partial charge in [0, 0.05) is 25.6 Å². The number of ether oxygens (including phenoxy) is 2. The number of fused-ring (bicyclic) bond motifs is 1. The minimum Gasteiger partial charge on any atom is -0.452 e. The second kappa shape index (κ2) is 9.25. The lowest BCUT2D eigenvalue weighted by atomic mass is 10.1. The first-order valence-corrected chi connectivity index (χ1v) is 9.43. The SMILES string of the molecule is COCCCNC(=O)COC(=O)c1cc(-c2cccs2)nc2ccccc12. The summed E-state index contributed by atoms with van der Waals surface area (Å²) in [4.78, 5) is 30.0. The zero-order valence-electron chi connectivity index (χ0n) is 14.9. The molecule has 0 bridgehead atoms. The van der Waals surface area contributed by atoms with Crippen LogP contribution in [0.1, 0.15) is 16.8 Å². The first kappa shape index (κ1) is 19.0. The number of carbonyl (C=O) groups is 2. The van der Waals surface area contributed by atoms with Gasteiger partial charge in [0.2, 0.25) is 0 Å². The standard InChI is InChI=1S/C20H20N2O4S/c1-25-10-5-9-21-19(23)13-26-20(24)15-12-17(18-8-4-11-27-18)22-16-7-3-2-6-14(15)16/h2-4,6-8,11-12H,5,9-10,13H2,1H3,(H,21,23). The molecule has 0 spiro atoms. The normalized spacial score (nSPS) is 10.7. The molecule has 0 unspecified atom stereocenters. The molecule has 0 aliphatic heterocycles. The molecule has 3 rings (SSSR count). The van der Waals surface area contributed by atoms with Crippen LogP contribution >= 0.6 is 11.3 Å². The van der Waals surface area contributed by atoms with E-state index >= 15 is 0 Å². The van der Waals surface area contributed by atoms with Crippen molar-refractivity contribution in [3.8, 4) is 10.6 Å². The fourth-order valence-corrected chi connectivity index (χ4v) is 3.29. The maximum atomic E-state index is 12.6. The van der Waals surface area contributed by atoms with Crippen LogP contribution in [0.15, 0.2) is 47.8 Å². The number of benzene rings is 1. The Morgan fingerprint density at radius 2 is 2.04 bits per heavy atom. The van der Waals surface area contributed by atoms with Crippen LogP contribution in [-0.2, 0) is 14.3 Å². The predicted octanol–water partition coefficient (Wildman–Crippen LogP) is 3.27. The van der Waals surface area contributed by atoms with Crippen LogP contribution in [-0.4, -0.2) is 43.7 Å². The summed E-state index contributed by atoms with van der Waals surface area (Å²) >= 11 is 1.55. The van der Waals surface area contributed by atoms with E-state index in [1.807, 2.05) is 41.8 Å². The summed E-state index contributed by atoms with van der Waals surface area (Å²) < 4.78 is 10.1. The van der Waals surface area contributed by atoms with Gasteiger partial charge in [0.25, 0.3) is 5.91 Å². The van der Waals surface area contributed by atoms with E-state index in [2.05, 4.69) is 10.3 Å². The minimum absolute atomic E-state index is 0.323. The van der Waals surface area contributed by atoms with Crippen LogP contribution in [0, 0.1) is 0 Å². The Balaban J connectivity index is 1.75. The summed E-state index contributed by atoms with van der Waals surface area (Å²) in [7, 11) is 1.60. The van der Waals surface area contributed by atoms with E-state index in [-0.39, 0.29) is 12.5 Å². The first-order valence-electron chi connectivity index (χ1n) is 8.55. The lowest BCUT2D eigenvalue weighted by Crippen LogP contribution is -2.30. The van der Waals surface area contributed by atoms with Crippen molar-refractivity contribution in [2.24, 2.45) is 0 Å². The van der Waals surface area contributed by atoms with Gasteiger partial charge in [-0.05, 0) is 30.0 Å². The number of hydrogen-bond acceptors (Lipinski definition) is 6. The number of esters is 1. The van der Waals surface area contributed by atoms with Gasteiger partial charge < -0.3 is 14.8 Å². The number of carbonyl (C=O) groups excluding carboxylic acids is 2. The third-order valence-electron chi connectivity index (χ3n) is 3.89. The maximum absolute atomic E-state index is 12.6. The molecule has 3 aromatic rings. The Bertz CT molecular complexity index is 925. The summed E-state index contributed by atoms with van der Waals surface area (Å²) in [6, 6.07) is 13.0.